The molecule has 0 aliphatic carbocycles. The molecular weight excluding hydrogens is 342 g/mol. The Bertz CT molecular complexity index is 1280. The maximum absolute atomic E-state index is 13.1. The molecule has 0 saturated carbocycles. The van der Waals surface area contributed by atoms with Gasteiger partial charge >= 0.3 is 0 Å². The van der Waals surface area contributed by atoms with Crippen molar-refractivity contribution in [1.82, 2.24) is 14.2 Å². The number of thiophene rings is 1. The number of aromatic nitrogens is 3. The zero-order chi connectivity index (χ0) is 16.3. The molecule has 0 aliphatic rings. The third-order valence-corrected chi connectivity index (χ3v) is 5.25. The van der Waals surface area contributed by atoms with Gasteiger partial charge in [0.2, 0.25) is 0 Å². The number of para-hydroxylation sites is 1. The molecule has 116 valence electrons. The Labute approximate surface area is 145 Å². The Morgan fingerprint density at radius 3 is 2.62 bits per heavy atom. The van der Waals surface area contributed by atoms with Crippen molar-refractivity contribution in [3.05, 3.63) is 75.4 Å². The fourth-order valence-electron chi connectivity index (χ4n) is 3.04. The van der Waals surface area contributed by atoms with E-state index in [1.807, 2.05) is 64.7 Å². The quantitative estimate of drug-likeness (QED) is 0.446. The number of hydrogen-bond donors (Lipinski definition) is 0. The van der Waals surface area contributed by atoms with E-state index in [0.717, 1.165) is 15.9 Å². The van der Waals surface area contributed by atoms with Gasteiger partial charge in [-0.25, -0.2) is 9.67 Å². The minimum Gasteiger partial charge on any atom is -0.267 e. The average Bonchev–Trinajstić information content (AvgIpc) is 3.18. The number of rotatable bonds is 1. The summed E-state index contributed by atoms with van der Waals surface area (Å²) in [5, 5.41) is 3.28. The van der Waals surface area contributed by atoms with Gasteiger partial charge in [0.05, 0.1) is 26.8 Å². The summed E-state index contributed by atoms with van der Waals surface area (Å²) in [6.45, 7) is 0. The summed E-state index contributed by atoms with van der Waals surface area (Å²) in [6.07, 6.45) is 0. The number of halogens is 1. The molecule has 0 spiro atoms. The van der Waals surface area contributed by atoms with E-state index in [1.54, 1.807) is 15.9 Å². The van der Waals surface area contributed by atoms with Gasteiger partial charge in [-0.05, 0) is 47.8 Å². The van der Waals surface area contributed by atoms with Gasteiger partial charge in [0.25, 0.3) is 5.56 Å². The molecule has 0 unspecified atom stereocenters. The van der Waals surface area contributed by atoms with Crippen LogP contribution in [0.2, 0.25) is 5.02 Å². The second kappa shape index (κ2) is 4.93. The van der Waals surface area contributed by atoms with E-state index in [0.29, 0.717) is 21.6 Å². The monoisotopic (exact) mass is 351 g/mol. The zero-order valence-corrected chi connectivity index (χ0v) is 13.9. The van der Waals surface area contributed by atoms with Crippen LogP contribution in [0, 0.1) is 0 Å². The summed E-state index contributed by atoms with van der Waals surface area (Å²) in [4.78, 5) is 17.8. The number of hydrogen-bond acceptors (Lipinski definition) is 3. The van der Waals surface area contributed by atoms with Gasteiger partial charge in [-0.15, -0.1) is 11.3 Å². The van der Waals surface area contributed by atoms with Crippen LogP contribution in [0.1, 0.15) is 0 Å². The molecule has 3 heterocycles. The maximum atomic E-state index is 13.1. The van der Waals surface area contributed by atoms with Crippen LogP contribution in [-0.2, 0) is 0 Å². The molecule has 6 heteroatoms. The van der Waals surface area contributed by atoms with Crippen molar-refractivity contribution in [2.45, 2.75) is 0 Å². The van der Waals surface area contributed by atoms with Crippen molar-refractivity contribution in [1.29, 1.82) is 0 Å². The highest BCUT2D eigenvalue weighted by molar-refractivity contribution is 7.18. The summed E-state index contributed by atoms with van der Waals surface area (Å²) in [5.41, 5.74) is 3.15. The van der Waals surface area contributed by atoms with E-state index in [1.165, 1.54) is 0 Å². The Balaban J connectivity index is 2.04. The first-order chi connectivity index (χ1) is 11.7. The second-order valence-electron chi connectivity index (χ2n) is 5.49. The molecule has 5 aromatic rings. The molecule has 3 aromatic heterocycles. The van der Waals surface area contributed by atoms with E-state index < -0.39 is 0 Å². The normalized spacial score (nSPS) is 11.7. The molecule has 0 atom stereocenters. The van der Waals surface area contributed by atoms with Crippen LogP contribution >= 0.6 is 22.9 Å². The Hall–Kier alpha value is -2.63. The number of nitrogens with zero attached hydrogens (tertiary/aromatic N) is 3. The topological polar surface area (TPSA) is 39.3 Å². The molecule has 0 amide bonds. The van der Waals surface area contributed by atoms with Crippen molar-refractivity contribution < 1.29 is 0 Å². The van der Waals surface area contributed by atoms with Crippen LogP contribution < -0.4 is 5.56 Å². The summed E-state index contributed by atoms with van der Waals surface area (Å²) in [7, 11) is 0. The molecular formula is C18H10ClN3OS. The van der Waals surface area contributed by atoms with E-state index in [4.69, 9.17) is 16.6 Å². The molecule has 0 fully saturated rings. The van der Waals surface area contributed by atoms with Gasteiger partial charge < -0.3 is 0 Å². The lowest BCUT2D eigenvalue weighted by atomic mass is 10.2. The molecule has 0 saturated heterocycles. The molecule has 0 radical (unpaired) electrons. The van der Waals surface area contributed by atoms with E-state index in [2.05, 4.69) is 0 Å². The molecule has 0 aliphatic heterocycles. The highest BCUT2D eigenvalue weighted by atomic mass is 35.5. The van der Waals surface area contributed by atoms with Crippen molar-refractivity contribution >= 4 is 49.7 Å². The smallest absolute Gasteiger partial charge is 0.267 e. The van der Waals surface area contributed by atoms with E-state index in [-0.39, 0.29) is 5.56 Å². The lowest BCUT2D eigenvalue weighted by Gasteiger charge is -2.08. The fourth-order valence-corrected chi connectivity index (χ4v) is 4.01. The van der Waals surface area contributed by atoms with Gasteiger partial charge in [-0.3, -0.25) is 4.79 Å². The second-order valence-corrected chi connectivity index (χ2v) is 6.85. The van der Waals surface area contributed by atoms with E-state index >= 15 is 0 Å². The van der Waals surface area contributed by atoms with Gasteiger partial charge in [0.1, 0.15) is 0 Å². The average molecular weight is 352 g/mol. The maximum Gasteiger partial charge on any atom is 0.281 e. The number of benzene rings is 2. The van der Waals surface area contributed by atoms with Gasteiger partial charge in [0, 0.05) is 5.02 Å². The minimum absolute atomic E-state index is 0.0750. The van der Waals surface area contributed by atoms with Crippen LogP contribution in [0.5, 0.6) is 0 Å². The first kappa shape index (κ1) is 13.8. The first-order valence-corrected chi connectivity index (χ1v) is 8.65. The van der Waals surface area contributed by atoms with Gasteiger partial charge in [0.15, 0.2) is 5.65 Å². The zero-order valence-electron chi connectivity index (χ0n) is 12.3. The fraction of sp³-hybridized carbons (Fsp3) is 0. The SMILES string of the molecule is O=c1c2ccccc2nc2c3sccc3n(-c3ccc(Cl)cc3)n12. The van der Waals surface area contributed by atoms with Crippen molar-refractivity contribution in [3.8, 4) is 5.69 Å². The number of fused-ring (bicyclic) bond motifs is 4. The van der Waals surface area contributed by atoms with E-state index in [9.17, 15) is 4.79 Å². The summed E-state index contributed by atoms with van der Waals surface area (Å²) in [5.74, 6) is 0. The summed E-state index contributed by atoms with van der Waals surface area (Å²) in [6, 6.07) is 16.9. The lowest BCUT2D eigenvalue weighted by molar-refractivity contribution is 0.794. The van der Waals surface area contributed by atoms with Crippen molar-refractivity contribution in [2.75, 3.05) is 0 Å². The van der Waals surface area contributed by atoms with Gasteiger partial charge in [-0.1, -0.05) is 23.7 Å². The van der Waals surface area contributed by atoms with Crippen molar-refractivity contribution in [2.24, 2.45) is 0 Å². The van der Waals surface area contributed by atoms with Crippen LogP contribution in [0.15, 0.2) is 64.8 Å². The Kier molecular flexibility index (Phi) is 2.83. The molecule has 5 rings (SSSR count). The Morgan fingerprint density at radius 1 is 1.00 bits per heavy atom. The Morgan fingerprint density at radius 2 is 1.79 bits per heavy atom. The first-order valence-electron chi connectivity index (χ1n) is 7.40. The van der Waals surface area contributed by atoms with Crippen molar-refractivity contribution in [3.63, 3.8) is 0 Å². The molecule has 24 heavy (non-hydrogen) atoms. The van der Waals surface area contributed by atoms with Crippen LogP contribution in [0.25, 0.3) is 32.5 Å². The van der Waals surface area contributed by atoms with Gasteiger partial charge in [-0.2, -0.15) is 4.52 Å². The third-order valence-electron chi connectivity index (χ3n) is 4.10. The third kappa shape index (κ3) is 1.79. The minimum atomic E-state index is -0.0750. The molecule has 4 nitrogen and oxygen atoms in total. The van der Waals surface area contributed by atoms with Crippen LogP contribution in [0.4, 0.5) is 0 Å². The standard InChI is InChI=1S/C18H10ClN3OS/c19-11-5-7-12(8-6-11)21-15-9-10-24-16(15)17-20-14-4-2-1-3-13(14)18(23)22(17)21/h1-10H. The summed E-state index contributed by atoms with van der Waals surface area (Å²) >= 11 is 7.59. The largest absolute Gasteiger partial charge is 0.281 e. The highest BCUT2D eigenvalue weighted by Gasteiger charge is 2.17. The molecule has 0 bridgehead atoms. The molecule has 2 aromatic carbocycles. The summed E-state index contributed by atoms with van der Waals surface area (Å²) < 4.78 is 4.54. The molecule has 0 N–H and O–H groups in total. The predicted octanol–water partition coefficient (Wildman–Crippen LogP) is 4.51. The van der Waals surface area contributed by atoms with Crippen LogP contribution in [-0.4, -0.2) is 14.2 Å². The predicted molar refractivity (Wildman–Crippen MR) is 98.7 cm³/mol. The lowest BCUT2D eigenvalue weighted by Crippen LogP contribution is -2.20. The highest BCUT2D eigenvalue weighted by Crippen LogP contribution is 2.29. The van der Waals surface area contributed by atoms with Crippen LogP contribution in [0.3, 0.4) is 0 Å².